The van der Waals surface area contributed by atoms with Crippen molar-refractivity contribution in [3.05, 3.63) is 16.3 Å². The lowest BCUT2D eigenvalue weighted by atomic mass is 10.1. The van der Waals surface area contributed by atoms with Crippen LogP contribution in [-0.2, 0) is 4.74 Å². The third kappa shape index (κ3) is 2.53. The molecule has 2 unspecified atom stereocenters. The molecular formula is C12H18ClN3O. The van der Waals surface area contributed by atoms with Gasteiger partial charge in [-0.25, -0.2) is 0 Å². The van der Waals surface area contributed by atoms with E-state index in [1.54, 1.807) is 0 Å². The fourth-order valence-corrected chi connectivity index (χ4v) is 2.39. The fourth-order valence-electron chi connectivity index (χ4n) is 2.21. The number of ether oxygens (including phenoxy) is 1. The van der Waals surface area contributed by atoms with E-state index in [0.29, 0.717) is 5.15 Å². The average molecular weight is 256 g/mol. The highest BCUT2D eigenvalue weighted by Gasteiger charge is 2.25. The Bertz CT molecular complexity index is 414. The van der Waals surface area contributed by atoms with E-state index in [1.807, 2.05) is 13.8 Å². The second-order valence-electron chi connectivity index (χ2n) is 4.73. The van der Waals surface area contributed by atoms with Gasteiger partial charge in [0.1, 0.15) is 0 Å². The topological polar surface area (TPSA) is 38.2 Å². The predicted molar refractivity (Wildman–Crippen MR) is 68.7 cm³/mol. The number of hydrogen-bond acceptors (Lipinski definition) is 4. The van der Waals surface area contributed by atoms with Crippen molar-refractivity contribution in [1.82, 2.24) is 10.2 Å². The first-order valence-corrected chi connectivity index (χ1v) is 6.26. The van der Waals surface area contributed by atoms with Crippen LogP contribution in [0.25, 0.3) is 0 Å². The Morgan fingerprint density at radius 2 is 1.71 bits per heavy atom. The van der Waals surface area contributed by atoms with E-state index in [1.165, 1.54) is 0 Å². The SMILES string of the molecule is Cc1c(Cl)nnc(N2CC(C)OC(C)C2)c1C. The number of nitrogens with zero attached hydrogens (tertiary/aromatic N) is 3. The molecule has 5 heteroatoms. The number of hydrogen-bond donors (Lipinski definition) is 0. The minimum Gasteiger partial charge on any atom is -0.372 e. The summed E-state index contributed by atoms with van der Waals surface area (Å²) in [4.78, 5) is 2.23. The van der Waals surface area contributed by atoms with E-state index in [2.05, 4.69) is 28.9 Å². The van der Waals surface area contributed by atoms with Gasteiger partial charge in [-0.2, -0.15) is 0 Å². The van der Waals surface area contributed by atoms with Gasteiger partial charge < -0.3 is 9.64 Å². The molecule has 0 spiro atoms. The molecule has 0 aromatic carbocycles. The monoisotopic (exact) mass is 255 g/mol. The molecule has 0 aliphatic carbocycles. The molecule has 2 atom stereocenters. The lowest BCUT2D eigenvalue weighted by molar-refractivity contribution is -0.00554. The van der Waals surface area contributed by atoms with Crippen molar-refractivity contribution in [2.45, 2.75) is 39.9 Å². The zero-order chi connectivity index (χ0) is 12.6. The summed E-state index contributed by atoms with van der Waals surface area (Å²) >= 11 is 5.97. The Labute approximate surface area is 107 Å². The standard InChI is InChI=1S/C12H18ClN3O/c1-7-5-16(6-8(2)17-7)12-10(4)9(3)11(13)14-15-12/h7-8H,5-6H2,1-4H3. The maximum Gasteiger partial charge on any atom is 0.155 e. The minimum atomic E-state index is 0.218. The van der Waals surface area contributed by atoms with E-state index in [4.69, 9.17) is 16.3 Å². The molecule has 2 rings (SSSR count). The van der Waals surface area contributed by atoms with Crippen LogP contribution in [0.2, 0.25) is 5.15 Å². The third-order valence-corrected chi connectivity index (χ3v) is 3.52. The molecule has 1 aromatic heterocycles. The van der Waals surface area contributed by atoms with Crippen LogP contribution in [0.3, 0.4) is 0 Å². The maximum atomic E-state index is 5.97. The minimum absolute atomic E-state index is 0.218. The van der Waals surface area contributed by atoms with Gasteiger partial charge in [0.2, 0.25) is 0 Å². The normalized spacial score (nSPS) is 25.1. The molecular weight excluding hydrogens is 238 g/mol. The molecule has 2 heterocycles. The molecule has 0 saturated carbocycles. The van der Waals surface area contributed by atoms with Crippen LogP contribution in [0.15, 0.2) is 0 Å². The lowest BCUT2D eigenvalue weighted by Crippen LogP contribution is -2.46. The Balaban J connectivity index is 2.31. The molecule has 94 valence electrons. The summed E-state index contributed by atoms with van der Waals surface area (Å²) in [5.41, 5.74) is 2.11. The highest BCUT2D eigenvalue weighted by Crippen LogP contribution is 2.26. The molecule has 1 fully saturated rings. The summed E-state index contributed by atoms with van der Waals surface area (Å²) < 4.78 is 5.72. The molecule has 1 aromatic rings. The van der Waals surface area contributed by atoms with Gasteiger partial charge in [0.15, 0.2) is 11.0 Å². The molecule has 0 bridgehead atoms. The van der Waals surface area contributed by atoms with Crippen LogP contribution in [0.5, 0.6) is 0 Å². The number of morpholine rings is 1. The molecule has 4 nitrogen and oxygen atoms in total. The van der Waals surface area contributed by atoms with Crippen molar-refractivity contribution >= 4 is 17.4 Å². The van der Waals surface area contributed by atoms with Crippen LogP contribution in [0, 0.1) is 13.8 Å². The van der Waals surface area contributed by atoms with Crippen LogP contribution < -0.4 is 4.90 Å². The summed E-state index contributed by atoms with van der Waals surface area (Å²) in [6.45, 7) is 9.86. The van der Waals surface area contributed by atoms with Gasteiger partial charge in [0.25, 0.3) is 0 Å². The Kier molecular flexibility index (Phi) is 3.54. The zero-order valence-electron chi connectivity index (χ0n) is 10.7. The second kappa shape index (κ2) is 4.78. The van der Waals surface area contributed by atoms with E-state index < -0.39 is 0 Å². The van der Waals surface area contributed by atoms with Crippen molar-refractivity contribution < 1.29 is 4.74 Å². The van der Waals surface area contributed by atoms with E-state index in [-0.39, 0.29) is 12.2 Å². The van der Waals surface area contributed by atoms with Crippen LogP contribution in [0.4, 0.5) is 5.82 Å². The van der Waals surface area contributed by atoms with Gasteiger partial charge in [-0.3, -0.25) is 0 Å². The van der Waals surface area contributed by atoms with Gasteiger partial charge in [-0.15, -0.1) is 10.2 Å². The van der Waals surface area contributed by atoms with Gasteiger partial charge in [-0.05, 0) is 38.8 Å². The summed E-state index contributed by atoms with van der Waals surface area (Å²) in [5, 5.41) is 8.70. The summed E-state index contributed by atoms with van der Waals surface area (Å²) in [7, 11) is 0. The molecule has 0 radical (unpaired) electrons. The van der Waals surface area contributed by atoms with Crippen molar-refractivity contribution in [3.8, 4) is 0 Å². The maximum absolute atomic E-state index is 5.97. The summed E-state index contributed by atoms with van der Waals surface area (Å²) in [5.74, 6) is 0.925. The molecule has 0 N–H and O–H groups in total. The highest BCUT2D eigenvalue weighted by molar-refractivity contribution is 6.30. The molecule has 0 amide bonds. The van der Waals surface area contributed by atoms with Gasteiger partial charge >= 0.3 is 0 Å². The van der Waals surface area contributed by atoms with Crippen LogP contribution >= 0.6 is 11.6 Å². The van der Waals surface area contributed by atoms with Crippen molar-refractivity contribution in [3.63, 3.8) is 0 Å². The van der Waals surface area contributed by atoms with E-state index >= 15 is 0 Å². The van der Waals surface area contributed by atoms with Crippen molar-refractivity contribution in [1.29, 1.82) is 0 Å². The first-order valence-electron chi connectivity index (χ1n) is 5.88. The Morgan fingerprint density at radius 1 is 1.12 bits per heavy atom. The quantitative estimate of drug-likeness (QED) is 0.772. The molecule has 1 aliphatic rings. The summed E-state index contributed by atoms with van der Waals surface area (Å²) in [6.07, 6.45) is 0.437. The summed E-state index contributed by atoms with van der Waals surface area (Å²) in [6, 6.07) is 0. The average Bonchev–Trinajstić information content (AvgIpc) is 2.24. The zero-order valence-corrected chi connectivity index (χ0v) is 11.5. The largest absolute Gasteiger partial charge is 0.372 e. The smallest absolute Gasteiger partial charge is 0.155 e. The molecule has 1 aliphatic heterocycles. The Hall–Kier alpha value is -0.870. The first kappa shape index (κ1) is 12.6. The van der Waals surface area contributed by atoms with Gasteiger partial charge in [0.05, 0.1) is 12.2 Å². The first-order chi connectivity index (χ1) is 7.99. The van der Waals surface area contributed by atoms with Crippen molar-refractivity contribution in [2.24, 2.45) is 0 Å². The van der Waals surface area contributed by atoms with E-state index in [9.17, 15) is 0 Å². The highest BCUT2D eigenvalue weighted by atomic mass is 35.5. The van der Waals surface area contributed by atoms with Crippen LogP contribution in [0.1, 0.15) is 25.0 Å². The predicted octanol–water partition coefficient (Wildman–Crippen LogP) is 2.36. The van der Waals surface area contributed by atoms with Crippen molar-refractivity contribution in [2.75, 3.05) is 18.0 Å². The number of rotatable bonds is 1. The number of aromatic nitrogens is 2. The fraction of sp³-hybridized carbons (Fsp3) is 0.667. The van der Waals surface area contributed by atoms with E-state index in [0.717, 1.165) is 30.0 Å². The number of anilines is 1. The van der Waals surface area contributed by atoms with Gasteiger partial charge in [0, 0.05) is 13.1 Å². The second-order valence-corrected chi connectivity index (χ2v) is 5.08. The lowest BCUT2D eigenvalue weighted by Gasteiger charge is -2.36. The number of halogens is 1. The molecule has 17 heavy (non-hydrogen) atoms. The Morgan fingerprint density at radius 3 is 2.29 bits per heavy atom. The van der Waals surface area contributed by atoms with Crippen LogP contribution in [-0.4, -0.2) is 35.5 Å². The molecule has 1 saturated heterocycles. The third-order valence-electron chi connectivity index (χ3n) is 3.16. The van der Waals surface area contributed by atoms with Gasteiger partial charge in [-0.1, -0.05) is 11.6 Å².